The van der Waals surface area contributed by atoms with Crippen LogP contribution in [-0.2, 0) is 6.42 Å². The lowest BCUT2D eigenvalue weighted by molar-refractivity contribution is 0.171. The number of aromatic hydroxyl groups is 2. The van der Waals surface area contributed by atoms with Gasteiger partial charge in [0.25, 0.3) is 0 Å². The van der Waals surface area contributed by atoms with E-state index in [0.717, 1.165) is 18.5 Å². The van der Waals surface area contributed by atoms with Crippen LogP contribution in [0.2, 0.25) is 5.02 Å². The summed E-state index contributed by atoms with van der Waals surface area (Å²) in [6.07, 6.45) is 3.15. The largest absolute Gasteiger partial charge is 0.507 e. The average Bonchev–Trinajstić information content (AvgIpc) is 3.02. The monoisotopic (exact) mass is 387 g/mol. The molecule has 5 nitrogen and oxygen atoms in total. The Morgan fingerprint density at radius 2 is 2.00 bits per heavy atom. The quantitative estimate of drug-likeness (QED) is 0.751. The van der Waals surface area contributed by atoms with Gasteiger partial charge in [-0.3, -0.25) is 0 Å². The van der Waals surface area contributed by atoms with Gasteiger partial charge in [0, 0.05) is 41.1 Å². The first-order chi connectivity index (χ1) is 13.0. The first-order valence-electron chi connectivity index (χ1n) is 9.03. The van der Waals surface area contributed by atoms with Crippen LogP contribution in [0.4, 0.5) is 0 Å². The predicted octanol–water partition coefficient (Wildman–Crippen LogP) is 3.51. The normalized spacial score (nSPS) is 22.3. The van der Waals surface area contributed by atoms with Gasteiger partial charge in [0.1, 0.15) is 23.0 Å². The maximum absolute atomic E-state index is 10.6. The number of ether oxygens (including phenoxy) is 1. The maximum Gasteiger partial charge on any atom is 0.141 e. The van der Waals surface area contributed by atoms with Crippen molar-refractivity contribution in [2.45, 2.75) is 24.8 Å². The third-order valence-corrected chi connectivity index (χ3v) is 5.93. The number of benzene rings is 2. The summed E-state index contributed by atoms with van der Waals surface area (Å²) < 4.78 is 6.19. The molecule has 6 heteroatoms. The molecule has 0 spiro atoms. The molecule has 2 aliphatic heterocycles. The highest BCUT2D eigenvalue weighted by Crippen LogP contribution is 2.49. The summed E-state index contributed by atoms with van der Waals surface area (Å²) in [4.78, 5) is 2.08. The third kappa shape index (κ3) is 3.06. The van der Waals surface area contributed by atoms with Gasteiger partial charge in [-0.25, -0.2) is 0 Å². The minimum absolute atomic E-state index is 0.00705. The SMILES string of the molecule is CN1CC[C@@H](c2c(O)cc(O)c3c2OC(c2ccccc2Cl)=CC3)[C@@H]1CO. The van der Waals surface area contributed by atoms with Gasteiger partial charge < -0.3 is 25.0 Å². The summed E-state index contributed by atoms with van der Waals surface area (Å²) in [6.45, 7) is 0.807. The van der Waals surface area contributed by atoms with Crippen LogP contribution in [0.3, 0.4) is 0 Å². The summed E-state index contributed by atoms with van der Waals surface area (Å²) in [7, 11) is 1.96. The Morgan fingerprint density at radius 3 is 2.74 bits per heavy atom. The van der Waals surface area contributed by atoms with Gasteiger partial charge in [0.05, 0.1) is 11.6 Å². The number of halogens is 1. The van der Waals surface area contributed by atoms with Crippen molar-refractivity contribution in [2.75, 3.05) is 20.2 Å². The van der Waals surface area contributed by atoms with E-state index >= 15 is 0 Å². The molecule has 2 aliphatic rings. The minimum Gasteiger partial charge on any atom is -0.507 e. The third-order valence-electron chi connectivity index (χ3n) is 5.60. The topological polar surface area (TPSA) is 73.2 Å². The molecule has 27 heavy (non-hydrogen) atoms. The Bertz CT molecular complexity index is 911. The van der Waals surface area contributed by atoms with Gasteiger partial charge in [-0.05, 0) is 38.2 Å². The molecule has 0 bridgehead atoms. The van der Waals surface area contributed by atoms with Crippen molar-refractivity contribution >= 4 is 17.4 Å². The predicted molar refractivity (Wildman–Crippen MR) is 104 cm³/mol. The molecule has 142 valence electrons. The van der Waals surface area contributed by atoms with Crippen LogP contribution in [0, 0.1) is 0 Å². The lowest BCUT2D eigenvalue weighted by Gasteiger charge is -2.29. The van der Waals surface area contributed by atoms with Crippen molar-refractivity contribution in [2.24, 2.45) is 0 Å². The number of hydrogen-bond acceptors (Lipinski definition) is 5. The molecular weight excluding hydrogens is 366 g/mol. The molecule has 0 amide bonds. The number of hydrogen-bond donors (Lipinski definition) is 3. The van der Waals surface area contributed by atoms with Gasteiger partial charge in [-0.1, -0.05) is 23.7 Å². The molecule has 0 aromatic heterocycles. The smallest absolute Gasteiger partial charge is 0.141 e. The summed E-state index contributed by atoms with van der Waals surface area (Å²) in [5.41, 5.74) is 2.05. The molecule has 0 radical (unpaired) electrons. The van der Waals surface area contributed by atoms with Crippen molar-refractivity contribution in [3.63, 3.8) is 0 Å². The van der Waals surface area contributed by atoms with Gasteiger partial charge in [-0.2, -0.15) is 0 Å². The Kier molecular flexibility index (Phi) is 4.76. The summed E-state index contributed by atoms with van der Waals surface area (Å²) in [5, 5.41) is 31.4. The summed E-state index contributed by atoms with van der Waals surface area (Å²) >= 11 is 6.32. The van der Waals surface area contributed by atoms with Crippen LogP contribution >= 0.6 is 11.6 Å². The molecule has 3 N–H and O–H groups in total. The number of fused-ring (bicyclic) bond motifs is 1. The molecule has 0 aliphatic carbocycles. The van der Waals surface area contributed by atoms with Crippen LogP contribution in [0.25, 0.3) is 5.76 Å². The van der Waals surface area contributed by atoms with E-state index < -0.39 is 0 Å². The highest BCUT2D eigenvalue weighted by molar-refractivity contribution is 6.32. The zero-order valence-electron chi connectivity index (χ0n) is 15.0. The van der Waals surface area contributed by atoms with E-state index in [2.05, 4.69) is 4.90 Å². The van der Waals surface area contributed by atoms with Crippen molar-refractivity contribution in [1.29, 1.82) is 0 Å². The second-order valence-corrected chi connectivity index (χ2v) is 7.52. The number of allylic oxidation sites excluding steroid dienone is 1. The number of phenols is 2. The Labute approximate surface area is 163 Å². The zero-order valence-corrected chi connectivity index (χ0v) is 15.8. The Morgan fingerprint density at radius 1 is 1.22 bits per heavy atom. The second kappa shape index (κ2) is 7.08. The number of rotatable bonds is 3. The number of aliphatic hydroxyl groups is 1. The molecule has 1 fully saturated rings. The molecule has 0 saturated carbocycles. The standard InChI is InChI=1S/C21H22ClNO4/c1-23-9-8-13(16(23)11-24)20-18(26)10-17(25)14-6-7-19(27-21(14)20)12-4-2-3-5-15(12)22/h2-5,7,10,13,16,24-26H,6,8-9,11H2,1H3/t13-,16+/m1/s1. The molecule has 0 unspecified atom stereocenters. The van der Waals surface area contributed by atoms with Gasteiger partial charge in [0.2, 0.25) is 0 Å². The van der Waals surface area contributed by atoms with E-state index in [9.17, 15) is 15.3 Å². The van der Waals surface area contributed by atoms with Crippen LogP contribution < -0.4 is 4.74 Å². The van der Waals surface area contributed by atoms with E-state index in [1.54, 1.807) is 6.07 Å². The molecule has 1 saturated heterocycles. The van der Waals surface area contributed by atoms with Gasteiger partial charge in [-0.15, -0.1) is 0 Å². The van der Waals surface area contributed by atoms with E-state index in [4.69, 9.17) is 16.3 Å². The van der Waals surface area contributed by atoms with Crippen LogP contribution in [0.5, 0.6) is 17.2 Å². The van der Waals surface area contributed by atoms with Crippen molar-refractivity contribution in [1.82, 2.24) is 4.90 Å². The lowest BCUT2D eigenvalue weighted by atomic mass is 9.87. The lowest BCUT2D eigenvalue weighted by Crippen LogP contribution is -2.32. The fourth-order valence-electron chi connectivity index (χ4n) is 4.15. The van der Waals surface area contributed by atoms with E-state index in [0.29, 0.717) is 34.1 Å². The van der Waals surface area contributed by atoms with Gasteiger partial charge >= 0.3 is 0 Å². The first kappa shape index (κ1) is 18.2. The Balaban J connectivity index is 1.80. The van der Waals surface area contributed by atoms with Crippen molar-refractivity contribution in [3.05, 3.63) is 58.1 Å². The van der Waals surface area contributed by atoms with E-state index in [1.165, 1.54) is 6.07 Å². The second-order valence-electron chi connectivity index (χ2n) is 7.12. The number of likely N-dealkylation sites (N-methyl/N-ethyl adjacent to an activating group) is 1. The number of nitrogens with zero attached hydrogens (tertiary/aromatic N) is 1. The highest BCUT2D eigenvalue weighted by atomic mass is 35.5. The summed E-state index contributed by atoms with van der Waals surface area (Å²) in [5.74, 6) is 0.993. The average molecular weight is 388 g/mol. The summed E-state index contributed by atoms with van der Waals surface area (Å²) in [6, 6.07) is 8.68. The van der Waals surface area contributed by atoms with E-state index in [-0.39, 0.29) is 30.1 Å². The minimum atomic E-state index is -0.109. The van der Waals surface area contributed by atoms with E-state index in [1.807, 2.05) is 31.3 Å². The highest BCUT2D eigenvalue weighted by Gasteiger charge is 2.38. The molecule has 2 heterocycles. The molecular formula is C21H22ClNO4. The number of likely N-dealkylation sites (tertiary alicyclic amines) is 1. The molecule has 4 rings (SSSR count). The van der Waals surface area contributed by atoms with Crippen molar-refractivity contribution in [3.8, 4) is 17.2 Å². The van der Waals surface area contributed by atoms with Gasteiger partial charge in [0.15, 0.2) is 0 Å². The van der Waals surface area contributed by atoms with Crippen LogP contribution in [0.15, 0.2) is 36.4 Å². The Hall–Kier alpha value is -2.21. The fraction of sp³-hybridized carbons (Fsp3) is 0.333. The maximum atomic E-state index is 10.6. The number of phenolic OH excluding ortho intramolecular Hbond substituents is 2. The first-order valence-corrected chi connectivity index (χ1v) is 9.40. The molecule has 2 aromatic carbocycles. The zero-order chi connectivity index (χ0) is 19.1. The fourth-order valence-corrected chi connectivity index (χ4v) is 4.37. The number of aliphatic hydroxyl groups excluding tert-OH is 1. The molecule has 2 aromatic rings. The van der Waals surface area contributed by atoms with Crippen molar-refractivity contribution < 1.29 is 20.1 Å². The van der Waals surface area contributed by atoms with Crippen LogP contribution in [-0.4, -0.2) is 46.5 Å². The van der Waals surface area contributed by atoms with Crippen LogP contribution in [0.1, 0.15) is 29.0 Å². The molecule has 2 atom stereocenters.